The number of pyridine rings is 2. The fourth-order valence-corrected chi connectivity index (χ4v) is 5.94. The van der Waals surface area contributed by atoms with E-state index in [0.717, 1.165) is 53.2 Å². The molecule has 38 heavy (non-hydrogen) atoms. The Labute approximate surface area is 220 Å². The van der Waals surface area contributed by atoms with Crippen molar-refractivity contribution >= 4 is 44.7 Å². The first kappa shape index (κ1) is 25.9. The molecular formula is C26H29N5O6S. The van der Waals surface area contributed by atoms with Crippen LogP contribution in [0, 0.1) is 0 Å². The number of rotatable bonds is 10. The van der Waals surface area contributed by atoms with Crippen LogP contribution < -0.4 is 19.4 Å². The van der Waals surface area contributed by atoms with E-state index < -0.39 is 15.4 Å². The van der Waals surface area contributed by atoms with E-state index in [4.69, 9.17) is 9.57 Å². The number of sulfonamides is 1. The highest BCUT2D eigenvalue weighted by molar-refractivity contribution is 7.91. The zero-order valence-corrected chi connectivity index (χ0v) is 22.2. The average molecular weight is 540 g/mol. The van der Waals surface area contributed by atoms with Crippen molar-refractivity contribution in [3.8, 4) is 17.0 Å². The Balaban J connectivity index is 1.62. The molecule has 12 heteroatoms. The van der Waals surface area contributed by atoms with Crippen molar-refractivity contribution in [3.63, 3.8) is 0 Å². The van der Waals surface area contributed by atoms with E-state index >= 15 is 0 Å². The van der Waals surface area contributed by atoms with Gasteiger partial charge in [-0.2, -0.15) is 0 Å². The van der Waals surface area contributed by atoms with Crippen LogP contribution >= 0.6 is 0 Å². The third-order valence-corrected chi connectivity index (χ3v) is 8.11. The number of carbonyl (C=O) groups is 2. The molecule has 1 aliphatic heterocycles. The van der Waals surface area contributed by atoms with E-state index in [0.29, 0.717) is 23.0 Å². The lowest BCUT2D eigenvalue weighted by Gasteiger charge is -2.37. The van der Waals surface area contributed by atoms with Gasteiger partial charge in [0.05, 0.1) is 35.7 Å². The molecule has 1 aromatic carbocycles. The zero-order valence-electron chi connectivity index (χ0n) is 21.4. The van der Waals surface area contributed by atoms with Crippen molar-refractivity contribution in [2.24, 2.45) is 0 Å². The quantitative estimate of drug-likeness (QED) is 0.235. The summed E-state index contributed by atoms with van der Waals surface area (Å²) >= 11 is 0. The fourth-order valence-electron chi connectivity index (χ4n) is 5.26. The van der Waals surface area contributed by atoms with Crippen LogP contribution in [-0.4, -0.2) is 64.3 Å². The van der Waals surface area contributed by atoms with Gasteiger partial charge in [0.15, 0.2) is 5.69 Å². The maximum atomic E-state index is 13.2. The lowest BCUT2D eigenvalue weighted by atomic mass is 9.64. The molecule has 3 heterocycles. The van der Waals surface area contributed by atoms with Crippen molar-refractivity contribution < 1.29 is 27.6 Å². The van der Waals surface area contributed by atoms with Crippen molar-refractivity contribution in [2.45, 2.75) is 31.1 Å². The molecule has 1 amide bonds. The summed E-state index contributed by atoms with van der Waals surface area (Å²) in [6.07, 6.45) is 7.49. The first-order valence-corrected chi connectivity index (χ1v) is 14.2. The number of benzene rings is 1. The zero-order chi connectivity index (χ0) is 27.1. The standard InChI is InChI=1S/C26H29N5O6S/c1-27-10-5-11-36-24-21(31(37-16-32)38(3,34)35)13-18(14-29-24)17-6-7-20-19(12-17)23-22(15-28-20)30(2)25(33)26(23)8-4-9-26/h6-7,12-16,27H,4-5,8-11H2,1-3H3. The molecule has 200 valence electrons. The number of amides is 1. The number of nitrogens with one attached hydrogen (secondary N) is 1. The van der Waals surface area contributed by atoms with Gasteiger partial charge in [0.2, 0.25) is 11.8 Å². The summed E-state index contributed by atoms with van der Waals surface area (Å²) in [5.74, 6) is 0.109. The van der Waals surface area contributed by atoms with Gasteiger partial charge in [-0.3, -0.25) is 14.6 Å². The van der Waals surface area contributed by atoms with Crippen LogP contribution in [0.4, 0.5) is 11.4 Å². The molecule has 1 saturated carbocycles. The maximum absolute atomic E-state index is 13.2. The lowest BCUT2D eigenvalue weighted by molar-refractivity contribution is -0.128. The second-order valence-electron chi connectivity index (χ2n) is 9.60. The summed E-state index contributed by atoms with van der Waals surface area (Å²) in [4.78, 5) is 39.8. The molecule has 1 spiro atoms. The van der Waals surface area contributed by atoms with Crippen molar-refractivity contribution in [2.75, 3.05) is 42.9 Å². The Kier molecular flexibility index (Phi) is 6.70. The Hall–Kier alpha value is -3.77. The van der Waals surface area contributed by atoms with Crippen LogP contribution in [-0.2, 0) is 29.9 Å². The van der Waals surface area contributed by atoms with Gasteiger partial charge in [-0.15, -0.1) is 0 Å². The molecule has 1 fully saturated rings. The number of hydrogen-bond donors (Lipinski definition) is 1. The number of ether oxygens (including phenoxy) is 1. The first-order chi connectivity index (χ1) is 18.2. The lowest BCUT2D eigenvalue weighted by Crippen LogP contribution is -2.43. The van der Waals surface area contributed by atoms with Crippen LogP contribution in [0.25, 0.3) is 22.0 Å². The molecule has 11 nitrogen and oxygen atoms in total. The van der Waals surface area contributed by atoms with Crippen LogP contribution in [0.1, 0.15) is 31.2 Å². The van der Waals surface area contributed by atoms with Crippen molar-refractivity contribution in [1.29, 1.82) is 0 Å². The van der Waals surface area contributed by atoms with Gasteiger partial charge in [0.1, 0.15) is 0 Å². The van der Waals surface area contributed by atoms with Gasteiger partial charge >= 0.3 is 6.47 Å². The van der Waals surface area contributed by atoms with Gasteiger partial charge in [0.25, 0.3) is 10.0 Å². The van der Waals surface area contributed by atoms with E-state index in [1.165, 1.54) is 0 Å². The molecule has 0 bridgehead atoms. The van der Waals surface area contributed by atoms with Crippen LogP contribution in [0.15, 0.2) is 36.7 Å². The molecule has 2 aliphatic rings. The Bertz CT molecular complexity index is 1520. The van der Waals surface area contributed by atoms with E-state index in [-0.39, 0.29) is 30.6 Å². The number of fused-ring (bicyclic) bond motifs is 4. The largest absolute Gasteiger partial charge is 0.476 e. The number of nitrogens with zero attached hydrogens (tertiary/aromatic N) is 4. The Morgan fingerprint density at radius 2 is 1.97 bits per heavy atom. The summed E-state index contributed by atoms with van der Waals surface area (Å²) in [5, 5.41) is 3.88. The summed E-state index contributed by atoms with van der Waals surface area (Å²) in [7, 11) is -0.410. The Morgan fingerprint density at radius 3 is 2.63 bits per heavy atom. The number of likely N-dealkylation sites (N-methyl/N-ethyl adjacent to an activating group) is 1. The van der Waals surface area contributed by atoms with E-state index in [9.17, 15) is 18.0 Å². The molecule has 1 aliphatic carbocycles. The predicted octanol–water partition coefficient (Wildman–Crippen LogP) is 2.54. The molecule has 5 rings (SSSR count). The minimum absolute atomic E-state index is 0.0149. The van der Waals surface area contributed by atoms with Gasteiger partial charge in [-0.25, -0.2) is 13.4 Å². The third kappa shape index (κ3) is 4.23. The second kappa shape index (κ2) is 9.84. The van der Waals surface area contributed by atoms with Gasteiger partial charge in [-0.05, 0) is 56.6 Å². The van der Waals surface area contributed by atoms with Crippen LogP contribution in [0.5, 0.6) is 5.88 Å². The smallest absolute Gasteiger partial charge is 0.322 e. The van der Waals surface area contributed by atoms with Crippen molar-refractivity contribution in [3.05, 3.63) is 42.2 Å². The van der Waals surface area contributed by atoms with Crippen LogP contribution in [0.3, 0.4) is 0 Å². The van der Waals surface area contributed by atoms with E-state index in [1.54, 1.807) is 30.4 Å². The predicted molar refractivity (Wildman–Crippen MR) is 142 cm³/mol. The highest BCUT2D eigenvalue weighted by Gasteiger charge is 2.54. The monoisotopic (exact) mass is 539 g/mol. The van der Waals surface area contributed by atoms with Gasteiger partial charge in [-0.1, -0.05) is 17.0 Å². The molecule has 0 saturated heterocycles. The number of anilines is 2. The second-order valence-corrected chi connectivity index (χ2v) is 11.4. The molecule has 0 radical (unpaired) electrons. The maximum Gasteiger partial charge on any atom is 0.322 e. The summed E-state index contributed by atoms with van der Waals surface area (Å²) in [5.41, 5.74) is 3.33. The minimum Gasteiger partial charge on any atom is -0.476 e. The van der Waals surface area contributed by atoms with Gasteiger partial charge in [0, 0.05) is 29.8 Å². The van der Waals surface area contributed by atoms with Crippen LogP contribution in [0.2, 0.25) is 0 Å². The number of carbonyl (C=O) groups excluding carboxylic acids is 2. The SMILES string of the molecule is CNCCCOc1ncc(-c2ccc3ncc4c(c3c2)C2(CCC2)C(=O)N4C)cc1N(OC=O)S(C)(=O)=O. The molecular weight excluding hydrogens is 510 g/mol. The molecule has 1 N–H and O–H groups in total. The minimum atomic E-state index is -4.01. The average Bonchev–Trinajstić information content (AvgIpc) is 3.11. The molecule has 0 atom stereocenters. The van der Waals surface area contributed by atoms with Gasteiger partial charge < -0.3 is 19.8 Å². The highest BCUT2D eigenvalue weighted by Crippen LogP contribution is 2.55. The summed E-state index contributed by atoms with van der Waals surface area (Å²) in [6, 6.07) is 7.24. The molecule has 0 unspecified atom stereocenters. The first-order valence-electron chi connectivity index (χ1n) is 12.3. The fraction of sp³-hybridized carbons (Fsp3) is 0.385. The van der Waals surface area contributed by atoms with E-state index in [1.807, 2.05) is 25.2 Å². The molecule has 2 aromatic heterocycles. The highest BCUT2D eigenvalue weighted by atomic mass is 32.2. The normalized spacial score (nSPS) is 15.9. The molecule has 3 aromatic rings. The summed E-state index contributed by atoms with van der Waals surface area (Å²) in [6.45, 7) is 1.01. The Morgan fingerprint density at radius 1 is 1.18 bits per heavy atom. The third-order valence-electron chi connectivity index (χ3n) is 7.22. The van der Waals surface area contributed by atoms with E-state index in [2.05, 4.69) is 15.3 Å². The topological polar surface area (TPSA) is 131 Å². The summed E-state index contributed by atoms with van der Waals surface area (Å²) < 4.78 is 31.2. The number of hydrogen-bond acceptors (Lipinski definition) is 9. The number of aromatic nitrogens is 2. The van der Waals surface area contributed by atoms with Crippen molar-refractivity contribution in [1.82, 2.24) is 15.3 Å².